The molecule has 1 aliphatic carbocycles. The van der Waals surface area contributed by atoms with Crippen LogP contribution in [0.1, 0.15) is 44.9 Å². The smallest absolute Gasteiger partial charge is 0.391 e. The molecule has 2 rings (SSSR count). The molecule has 3 atom stereocenters. The second kappa shape index (κ2) is 6.23. The average molecular weight is 307 g/mol. The lowest BCUT2D eigenvalue weighted by Crippen LogP contribution is -2.51. The molecule has 0 aromatic heterocycles. The third-order valence-corrected chi connectivity index (χ3v) is 4.56. The van der Waals surface area contributed by atoms with E-state index >= 15 is 0 Å². The number of carboxylic acid groups (broad SMARTS) is 1. The number of halogens is 3. The summed E-state index contributed by atoms with van der Waals surface area (Å²) in [7, 11) is 0. The van der Waals surface area contributed by atoms with E-state index in [0.29, 0.717) is 32.2 Å². The third-order valence-electron chi connectivity index (χ3n) is 4.56. The number of carbonyl (C=O) groups excluding carboxylic acids is 1. The number of aliphatic carboxylic acids is 1. The van der Waals surface area contributed by atoms with Crippen LogP contribution >= 0.6 is 0 Å². The van der Waals surface area contributed by atoms with Gasteiger partial charge < -0.3 is 10.0 Å². The number of likely N-dealkylation sites (tertiary alicyclic amines) is 1. The highest BCUT2D eigenvalue weighted by Gasteiger charge is 2.45. The number of piperidine rings is 1. The van der Waals surface area contributed by atoms with Gasteiger partial charge in [-0.05, 0) is 38.5 Å². The number of hydrogen-bond acceptors (Lipinski definition) is 2. The van der Waals surface area contributed by atoms with Gasteiger partial charge in [-0.2, -0.15) is 13.2 Å². The molecule has 0 aromatic rings. The normalized spacial score (nSPS) is 31.0. The number of hydrogen-bond donors (Lipinski definition) is 1. The van der Waals surface area contributed by atoms with Crippen molar-refractivity contribution in [3.63, 3.8) is 0 Å². The van der Waals surface area contributed by atoms with Gasteiger partial charge in [0.2, 0.25) is 5.91 Å². The molecule has 4 nitrogen and oxygen atoms in total. The van der Waals surface area contributed by atoms with Gasteiger partial charge >= 0.3 is 12.1 Å². The van der Waals surface area contributed by atoms with Crippen molar-refractivity contribution in [1.82, 2.24) is 4.90 Å². The number of nitrogens with zero attached hydrogens (tertiary/aromatic N) is 1. The minimum Gasteiger partial charge on any atom is -0.480 e. The van der Waals surface area contributed by atoms with Gasteiger partial charge in [0.15, 0.2) is 0 Å². The van der Waals surface area contributed by atoms with E-state index < -0.39 is 35.9 Å². The first kappa shape index (κ1) is 16.1. The van der Waals surface area contributed by atoms with E-state index in [0.717, 1.165) is 6.42 Å². The first-order valence-corrected chi connectivity index (χ1v) is 7.40. The summed E-state index contributed by atoms with van der Waals surface area (Å²) in [6.07, 6.45) is -1.79. The van der Waals surface area contributed by atoms with Crippen molar-refractivity contribution in [2.75, 3.05) is 6.54 Å². The predicted molar refractivity (Wildman–Crippen MR) is 68.5 cm³/mol. The fourth-order valence-corrected chi connectivity index (χ4v) is 3.40. The van der Waals surface area contributed by atoms with Gasteiger partial charge in [0.1, 0.15) is 6.04 Å². The summed E-state index contributed by atoms with van der Waals surface area (Å²) >= 11 is 0. The van der Waals surface area contributed by atoms with Gasteiger partial charge in [0.05, 0.1) is 5.92 Å². The molecule has 1 aliphatic heterocycles. The zero-order valence-electron chi connectivity index (χ0n) is 11.7. The quantitative estimate of drug-likeness (QED) is 0.853. The Labute approximate surface area is 121 Å². The fraction of sp³-hybridized carbons (Fsp3) is 0.857. The molecule has 120 valence electrons. The second-order valence-electron chi connectivity index (χ2n) is 5.98. The summed E-state index contributed by atoms with van der Waals surface area (Å²) in [4.78, 5) is 24.9. The van der Waals surface area contributed by atoms with Crippen LogP contribution in [0.3, 0.4) is 0 Å². The van der Waals surface area contributed by atoms with E-state index in [9.17, 15) is 22.8 Å². The lowest BCUT2D eigenvalue weighted by molar-refractivity contribution is -0.188. The molecule has 2 fully saturated rings. The first-order valence-electron chi connectivity index (χ1n) is 7.40. The van der Waals surface area contributed by atoms with Crippen molar-refractivity contribution in [1.29, 1.82) is 0 Å². The van der Waals surface area contributed by atoms with Crippen LogP contribution in [0.25, 0.3) is 0 Å². The van der Waals surface area contributed by atoms with Crippen LogP contribution in [0.5, 0.6) is 0 Å². The number of alkyl halides is 3. The molecule has 7 heteroatoms. The highest BCUT2D eigenvalue weighted by molar-refractivity contribution is 5.85. The van der Waals surface area contributed by atoms with E-state index in [1.807, 2.05) is 0 Å². The summed E-state index contributed by atoms with van der Waals surface area (Å²) in [6, 6.07) is -0.877. The van der Waals surface area contributed by atoms with Gasteiger partial charge in [-0.15, -0.1) is 0 Å². The molecule has 1 saturated heterocycles. The Morgan fingerprint density at radius 3 is 2.38 bits per heavy atom. The minimum atomic E-state index is -4.27. The van der Waals surface area contributed by atoms with E-state index in [-0.39, 0.29) is 12.8 Å². The lowest BCUT2D eigenvalue weighted by atomic mass is 9.80. The zero-order chi connectivity index (χ0) is 15.6. The van der Waals surface area contributed by atoms with E-state index in [1.165, 1.54) is 4.90 Å². The molecule has 0 radical (unpaired) electrons. The van der Waals surface area contributed by atoms with Gasteiger partial charge in [-0.3, -0.25) is 4.79 Å². The lowest BCUT2D eigenvalue weighted by Gasteiger charge is -2.38. The molecule has 21 heavy (non-hydrogen) atoms. The van der Waals surface area contributed by atoms with Crippen molar-refractivity contribution in [3.8, 4) is 0 Å². The Balaban J connectivity index is 2.06. The average Bonchev–Trinajstić information content (AvgIpc) is 2.45. The maximum absolute atomic E-state index is 12.8. The van der Waals surface area contributed by atoms with Gasteiger partial charge in [0, 0.05) is 12.5 Å². The molecule has 2 unspecified atom stereocenters. The van der Waals surface area contributed by atoms with Crippen molar-refractivity contribution in [3.05, 3.63) is 0 Å². The van der Waals surface area contributed by atoms with Crippen LogP contribution in [0.2, 0.25) is 0 Å². The fourth-order valence-electron chi connectivity index (χ4n) is 3.40. The van der Waals surface area contributed by atoms with Gasteiger partial charge in [0.25, 0.3) is 0 Å². The van der Waals surface area contributed by atoms with Crippen molar-refractivity contribution in [2.24, 2.45) is 11.8 Å². The minimum absolute atomic E-state index is 0.0651. The Morgan fingerprint density at radius 2 is 1.76 bits per heavy atom. The molecule has 0 bridgehead atoms. The summed E-state index contributed by atoms with van der Waals surface area (Å²) < 4.78 is 38.4. The van der Waals surface area contributed by atoms with Crippen LogP contribution in [0, 0.1) is 11.8 Å². The summed E-state index contributed by atoms with van der Waals surface area (Å²) in [6.45, 7) is 0.336. The van der Waals surface area contributed by atoms with Crippen LogP contribution in [0.15, 0.2) is 0 Å². The highest BCUT2D eigenvalue weighted by Crippen LogP contribution is 2.40. The Bertz CT molecular complexity index is 411. The van der Waals surface area contributed by atoms with Crippen molar-refractivity contribution < 1.29 is 27.9 Å². The molecular formula is C14H20F3NO3. The molecule has 1 heterocycles. The summed E-state index contributed by atoms with van der Waals surface area (Å²) in [5, 5.41) is 9.16. The van der Waals surface area contributed by atoms with Crippen LogP contribution in [0.4, 0.5) is 13.2 Å². The molecule has 0 aromatic carbocycles. The first-order chi connectivity index (χ1) is 9.80. The standard InChI is InChI=1S/C14H20F3NO3/c15-14(16,17)10-5-3-4-9(8-10)12(19)18-7-2-1-6-11(18)13(20)21/h9-11H,1-8H2,(H,20,21)/t9?,10?,11-/m0/s1. The Kier molecular flexibility index (Phi) is 4.78. The van der Waals surface area contributed by atoms with Crippen LogP contribution < -0.4 is 0 Å². The summed E-state index contributed by atoms with van der Waals surface area (Å²) in [5.74, 6) is -3.60. The van der Waals surface area contributed by atoms with Crippen molar-refractivity contribution >= 4 is 11.9 Å². The van der Waals surface area contributed by atoms with E-state index in [2.05, 4.69) is 0 Å². The Morgan fingerprint density at radius 1 is 1.05 bits per heavy atom. The number of carbonyl (C=O) groups is 2. The monoisotopic (exact) mass is 307 g/mol. The zero-order valence-corrected chi connectivity index (χ0v) is 11.7. The largest absolute Gasteiger partial charge is 0.480 e. The van der Waals surface area contributed by atoms with Gasteiger partial charge in [-0.1, -0.05) is 6.42 Å². The van der Waals surface area contributed by atoms with E-state index in [4.69, 9.17) is 5.11 Å². The molecule has 1 N–H and O–H groups in total. The van der Waals surface area contributed by atoms with Gasteiger partial charge in [-0.25, -0.2) is 4.79 Å². The second-order valence-corrected chi connectivity index (χ2v) is 5.98. The number of rotatable bonds is 2. The van der Waals surface area contributed by atoms with Crippen molar-refractivity contribution in [2.45, 2.75) is 57.2 Å². The topological polar surface area (TPSA) is 57.6 Å². The highest BCUT2D eigenvalue weighted by atomic mass is 19.4. The SMILES string of the molecule is O=C(O)[C@@H]1CCCCN1C(=O)C1CCCC(C(F)(F)F)C1. The van der Waals surface area contributed by atoms with E-state index in [1.54, 1.807) is 0 Å². The van der Waals surface area contributed by atoms with Crippen LogP contribution in [-0.2, 0) is 9.59 Å². The molecule has 0 spiro atoms. The molecule has 2 aliphatic rings. The molecular weight excluding hydrogens is 287 g/mol. The van der Waals surface area contributed by atoms with Crippen LogP contribution in [-0.4, -0.2) is 40.6 Å². The maximum Gasteiger partial charge on any atom is 0.391 e. The molecule has 1 saturated carbocycles. The predicted octanol–water partition coefficient (Wildman–Crippen LogP) is 2.82. The summed E-state index contributed by atoms with van der Waals surface area (Å²) in [5.41, 5.74) is 0. The Hall–Kier alpha value is -1.27. The number of amides is 1. The number of carboxylic acids is 1. The molecule has 1 amide bonds. The maximum atomic E-state index is 12.8. The third kappa shape index (κ3) is 3.68.